The zero-order valence-electron chi connectivity index (χ0n) is 16.4. The summed E-state index contributed by atoms with van der Waals surface area (Å²) in [6.45, 7) is 6.74. The highest BCUT2D eigenvalue weighted by Crippen LogP contribution is 2.23. The Morgan fingerprint density at radius 1 is 1.19 bits per heavy atom. The fraction of sp³-hybridized carbons (Fsp3) is 0.476. The summed E-state index contributed by atoms with van der Waals surface area (Å²) in [6, 6.07) is 9.81. The van der Waals surface area contributed by atoms with Gasteiger partial charge >= 0.3 is 0 Å². The number of carbonyl (C=O) groups excluding carboxylic acids is 2. The van der Waals surface area contributed by atoms with Gasteiger partial charge in [-0.25, -0.2) is 4.98 Å². The molecule has 0 spiro atoms. The summed E-state index contributed by atoms with van der Waals surface area (Å²) in [6.07, 6.45) is 5.45. The number of unbranched alkanes of at least 4 members (excludes halogenated alkanes) is 2. The van der Waals surface area contributed by atoms with Crippen molar-refractivity contribution < 1.29 is 9.59 Å². The maximum atomic E-state index is 13.2. The molecule has 2 aromatic rings. The van der Waals surface area contributed by atoms with Gasteiger partial charge in [0.25, 0.3) is 0 Å². The lowest BCUT2D eigenvalue weighted by Gasteiger charge is -2.26. The second-order valence-electron chi connectivity index (χ2n) is 6.66. The van der Waals surface area contributed by atoms with Gasteiger partial charge in [0.05, 0.1) is 12.5 Å². The lowest BCUT2D eigenvalue weighted by molar-refractivity contribution is -0.136. The quantitative estimate of drug-likeness (QED) is 0.606. The van der Waals surface area contributed by atoms with Gasteiger partial charge in [0.2, 0.25) is 11.8 Å². The Morgan fingerprint density at radius 2 is 1.93 bits per heavy atom. The Balaban J connectivity index is 2.09. The summed E-state index contributed by atoms with van der Waals surface area (Å²) < 4.78 is 0. The Hall–Kier alpha value is -2.21. The molecule has 5 nitrogen and oxygen atoms in total. The van der Waals surface area contributed by atoms with Crippen LogP contribution in [-0.4, -0.2) is 34.8 Å². The van der Waals surface area contributed by atoms with Crippen molar-refractivity contribution in [2.24, 2.45) is 0 Å². The summed E-state index contributed by atoms with van der Waals surface area (Å²) >= 11 is 1.43. The first-order valence-electron chi connectivity index (χ1n) is 9.61. The molecule has 1 aromatic heterocycles. The number of nitrogens with zero attached hydrogens (tertiary/aromatic N) is 2. The lowest BCUT2D eigenvalue weighted by Crippen LogP contribution is -2.41. The van der Waals surface area contributed by atoms with Gasteiger partial charge in [-0.3, -0.25) is 9.59 Å². The lowest BCUT2D eigenvalue weighted by atomic mass is 9.95. The van der Waals surface area contributed by atoms with Crippen LogP contribution in [0, 0.1) is 6.92 Å². The highest BCUT2D eigenvalue weighted by molar-refractivity contribution is 7.15. The number of nitrogens with one attached hydrogen (secondary N) is 1. The third-order valence-electron chi connectivity index (χ3n) is 4.45. The predicted molar refractivity (Wildman–Crippen MR) is 111 cm³/mol. The summed E-state index contributed by atoms with van der Waals surface area (Å²) in [5, 5.41) is 3.39. The molecule has 0 aliphatic rings. The average molecular weight is 388 g/mol. The smallest absolute Gasteiger partial charge is 0.245 e. The number of thiazole rings is 1. The third-order valence-corrected chi connectivity index (χ3v) is 5.28. The number of aryl methyl sites for hydroxylation is 1. The van der Waals surface area contributed by atoms with E-state index in [2.05, 4.69) is 17.2 Å². The maximum absolute atomic E-state index is 13.2. The van der Waals surface area contributed by atoms with Crippen molar-refractivity contribution >= 4 is 28.3 Å². The number of anilines is 1. The molecule has 2 amide bonds. The minimum absolute atomic E-state index is 0.0188. The maximum Gasteiger partial charge on any atom is 0.245 e. The number of aromatic nitrogens is 1. The summed E-state index contributed by atoms with van der Waals surface area (Å²) in [5.41, 5.74) is 1.00. The first kappa shape index (κ1) is 21.1. The molecule has 0 radical (unpaired) electrons. The van der Waals surface area contributed by atoms with E-state index in [9.17, 15) is 9.59 Å². The van der Waals surface area contributed by atoms with Gasteiger partial charge in [-0.1, -0.05) is 57.0 Å². The first-order chi connectivity index (χ1) is 13.0. The van der Waals surface area contributed by atoms with Crippen molar-refractivity contribution in [2.75, 3.05) is 18.4 Å². The normalized spacial score (nSPS) is 11.8. The van der Waals surface area contributed by atoms with E-state index in [0.29, 0.717) is 18.1 Å². The van der Waals surface area contributed by atoms with E-state index in [4.69, 9.17) is 0 Å². The molecule has 0 saturated heterocycles. The van der Waals surface area contributed by atoms with Crippen LogP contribution in [0.3, 0.4) is 0 Å². The standard InChI is InChI=1S/C21H29N3O2S/c1-4-6-10-13-24(15-19(25)23-21-22-14-16(3)27-21)20(26)18(5-2)17-11-8-7-9-12-17/h7-9,11-12,14,18H,4-6,10,13,15H2,1-3H3,(H,22,23,25). The molecule has 6 heteroatoms. The van der Waals surface area contributed by atoms with Gasteiger partial charge in [0.15, 0.2) is 5.13 Å². The van der Waals surface area contributed by atoms with Crippen LogP contribution in [0.15, 0.2) is 36.5 Å². The highest BCUT2D eigenvalue weighted by atomic mass is 32.1. The fourth-order valence-electron chi connectivity index (χ4n) is 3.02. The second-order valence-corrected chi connectivity index (χ2v) is 7.90. The monoisotopic (exact) mass is 387 g/mol. The molecule has 146 valence electrons. The number of benzene rings is 1. The zero-order chi connectivity index (χ0) is 19.6. The Labute approximate surface area is 165 Å². The van der Waals surface area contributed by atoms with Crippen molar-refractivity contribution in [3.05, 3.63) is 47.0 Å². The summed E-state index contributed by atoms with van der Waals surface area (Å²) in [5.74, 6) is -0.398. The van der Waals surface area contributed by atoms with Gasteiger partial charge in [0, 0.05) is 17.6 Å². The number of carbonyl (C=O) groups is 2. The molecule has 27 heavy (non-hydrogen) atoms. The number of hydrogen-bond donors (Lipinski definition) is 1. The molecule has 0 fully saturated rings. The highest BCUT2D eigenvalue weighted by Gasteiger charge is 2.26. The molecule has 0 aliphatic heterocycles. The molecule has 1 atom stereocenters. The first-order valence-corrected chi connectivity index (χ1v) is 10.4. The third kappa shape index (κ3) is 6.47. The average Bonchev–Trinajstić information content (AvgIpc) is 3.07. The fourth-order valence-corrected chi connectivity index (χ4v) is 3.70. The molecule has 0 saturated carbocycles. The van der Waals surface area contributed by atoms with Crippen LogP contribution in [0.25, 0.3) is 0 Å². The van der Waals surface area contributed by atoms with E-state index in [-0.39, 0.29) is 24.3 Å². The van der Waals surface area contributed by atoms with E-state index in [1.165, 1.54) is 11.3 Å². The van der Waals surface area contributed by atoms with Crippen molar-refractivity contribution in [3.63, 3.8) is 0 Å². The van der Waals surface area contributed by atoms with Crippen LogP contribution in [0.1, 0.15) is 55.9 Å². The van der Waals surface area contributed by atoms with Crippen LogP contribution in [0.4, 0.5) is 5.13 Å². The number of amides is 2. The summed E-state index contributed by atoms with van der Waals surface area (Å²) in [7, 11) is 0. The molecule has 1 aromatic carbocycles. The Kier molecular flexibility index (Phi) is 8.45. The molecular formula is C21H29N3O2S. The molecular weight excluding hydrogens is 358 g/mol. The molecule has 1 N–H and O–H groups in total. The van der Waals surface area contributed by atoms with Crippen LogP contribution in [0.5, 0.6) is 0 Å². The second kappa shape index (κ2) is 10.8. The number of rotatable bonds is 10. The van der Waals surface area contributed by atoms with Crippen molar-refractivity contribution in [1.82, 2.24) is 9.88 Å². The minimum Gasteiger partial charge on any atom is -0.333 e. The van der Waals surface area contributed by atoms with E-state index in [1.54, 1.807) is 11.1 Å². The van der Waals surface area contributed by atoms with Gasteiger partial charge in [0.1, 0.15) is 0 Å². The van der Waals surface area contributed by atoms with Crippen LogP contribution in [0.2, 0.25) is 0 Å². The SMILES string of the molecule is CCCCCN(CC(=O)Nc1ncc(C)s1)C(=O)C(CC)c1ccccc1. The van der Waals surface area contributed by atoms with E-state index < -0.39 is 0 Å². The van der Waals surface area contributed by atoms with Crippen LogP contribution >= 0.6 is 11.3 Å². The van der Waals surface area contributed by atoms with Crippen molar-refractivity contribution in [2.45, 2.75) is 52.4 Å². The molecule has 2 rings (SSSR count). The van der Waals surface area contributed by atoms with Crippen molar-refractivity contribution in [1.29, 1.82) is 0 Å². The molecule has 0 bridgehead atoms. The number of hydrogen-bond acceptors (Lipinski definition) is 4. The van der Waals surface area contributed by atoms with Crippen molar-refractivity contribution in [3.8, 4) is 0 Å². The van der Waals surface area contributed by atoms with E-state index >= 15 is 0 Å². The topological polar surface area (TPSA) is 62.3 Å². The van der Waals surface area contributed by atoms with Gasteiger partial charge in [-0.15, -0.1) is 11.3 Å². The molecule has 0 aliphatic carbocycles. The van der Waals surface area contributed by atoms with Crippen LogP contribution < -0.4 is 5.32 Å². The minimum atomic E-state index is -0.220. The Morgan fingerprint density at radius 3 is 2.52 bits per heavy atom. The molecule has 1 heterocycles. The zero-order valence-corrected chi connectivity index (χ0v) is 17.2. The Bertz CT molecular complexity index is 730. The van der Waals surface area contributed by atoms with Gasteiger partial charge in [-0.05, 0) is 25.3 Å². The summed E-state index contributed by atoms with van der Waals surface area (Å²) in [4.78, 5) is 32.6. The van der Waals surface area contributed by atoms with E-state index in [1.807, 2.05) is 44.2 Å². The van der Waals surface area contributed by atoms with Gasteiger partial charge in [-0.2, -0.15) is 0 Å². The molecule has 1 unspecified atom stereocenters. The predicted octanol–water partition coefficient (Wildman–Crippen LogP) is 4.60. The van der Waals surface area contributed by atoms with Gasteiger partial charge < -0.3 is 10.2 Å². The largest absolute Gasteiger partial charge is 0.333 e. The van der Waals surface area contributed by atoms with Crippen LogP contribution in [-0.2, 0) is 9.59 Å². The van der Waals surface area contributed by atoms with E-state index in [0.717, 1.165) is 29.7 Å².